The van der Waals surface area contributed by atoms with Crippen LogP contribution in [0.2, 0.25) is 5.02 Å². The lowest BCUT2D eigenvalue weighted by Crippen LogP contribution is -1.98. The number of halogens is 2. The molecule has 0 heterocycles. The summed E-state index contributed by atoms with van der Waals surface area (Å²) in [5, 5.41) is 0.648. The van der Waals surface area contributed by atoms with Crippen LogP contribution in [0.25, 0.3) is 0 Å². The third-order valence-electron chi connectivity index (χ3n) is 2.55. The summed E-state index contributed by atoms with van der Waals surface area (Å²) in [6.07, 6.45) is 0. The van der Waals surface area contributed by atoms with E-state index in [0.717, 1.165) is 5.56 Å². The summed E-state index contributed by atoms with van der Waals surface area (Å²) in [5.41, 5.74) is 7.24. The van der Waals surface area contributed by atoms with E-state index in [4.69, 9.17) is 22.1 Å². The Morgan fingerprint density at radius 3 is 2.50 bits per heavy atom. The lowest BCUT2D eigenvalue weighted by atomic mass is 10.2. The summed E-state index contributed by atoms with van der Waals surface area (Å²) in [6, 6.07) is 12.0. The lowest BCUT2D eigenvalue weighted by Gasteiger charge is -2.07. The van der Waals surface area contributed by atoms with Gasteiger partial charge in [0.1, 0.15) is 5.82 Å². The minimum Gasteiger partial charge on any atom is -0.399 e. The Morgan fingerprint density at radius 1 is 1.06 bits per heavy atom. The fourth-order valence-electron chi connectivity index (χ4n) is 1.57. The summed E-state index contributed by atoms with van der Waals surface area (Å²) >= 11 is 5.99. The molecule has 0 bridgehead atoms. The van der Waals surface area contributed by atoms with Crippen LogP contribution in [-0.4, -0.2) is 0 Å². The van der Waals surface area contributed by atoms with E-state index >= 15 is 0 Å². The van der Waals surface area contributed by atoms with Crippen LogP contribution < -0.4 is 5.73 Å². The Balaban J connectivity index is 1.95. The smallest absolute Gasteiger partial charge is 0.130 e. The van der Waals surface area contributed by atoms with E-state index < -0.39 is 0 Å². The standard InChI is InChI=1S/C14H13ClFNO/c15-13-4-2-1-3-10(13)8-18-9-11-5-6-12(17)7-14(11)16/h1-7H,8-9,17H2. The second kappa shape index (κ2) is 5.85. The molecule has 2 aromatic rings. The highest BCUT2D eigenvalue weighted by molar-refractivity contribution is 6.31. The van der Waals surface area contributed by atoms with Gasteiger partial charge in [0.25, 0.3) is 0 Å². The summed E-state index contributed by atoms with van der Waals surface area (Å²) in [7, 11) is 0. The first-order chi connectivity index (χ1) is 8.66. The molecule has 2 aromatic carbocycles. The van der Waals surface area contributed by atoms with Crippen LogP contribution in [0.5, 0.6) is 0 Å². The Hall–Kier alpha value is -1.58. The Bertz CT molecular complexity index is 545. The maximum absolute atomic E-state index is 13.5. The Morgan fingerprint density at radius 2 is 1.78 bits per heavy atom. The fourth-order valence-corrected chi connectivity index (χ4v) is 1.76. The molecule has 0 aliphatic heterocycles. The largest absolute Gasteiger partial charge is 0.399 e. The predicted molar refractivity (Wildman–Crippen MR) is 70.8 cm³/mol. The maximum atomic E-state index is 13.5. The van der Waals surface area contributed by atoms with Crippen molar-refractivity contribution in [3.63, 3.8) is 0 Å². The number of hydrogen-bond donors (Lipinski definition) is 1. The van der Waals surface area contributed by atoms with Gasteiger partial charge in [-0.25, -0.2) is 4.39 Å². The van der Waals surface area contributed by atoms with Crippen LogP contribution in [-0.2, 0) is 18.0 Å². The van der Waals surface area contributed by atoms with Gasteiger partial charge in [-0.05, 0) is 23.8 Å². The molecule has 0 aromatic heterocycles. The van der Waals surface area contributed by atoms with Crippen LogP contribution in [0, 0.1) is 5.82 Å². The highest BCUT2D eigenvalue weighted by Gasteiger charge is 2.04. The van der Waals surface area contributed by atoms with Crippen molar-refractivity contribution in [3.05, 3.63) is 64.4 Å². The van der Waals surface area contributed by atoms with Gasteiger partial charge in [0.05, 0.1) is 13.2 Å². The fraction of sp³-hybridized carbons (Fsp3) is 0.143. The molecule has 0 atom stereocenters. The molecule has 0 fully saturated rings. The summed E-state index contributed by atoms with van der Waals surface area (Å²) < 4.78 is 18.9. The molecule has 0 radical (unpaired) electrons. The number of benzene rings is 2. The third kappa shape index (κ3) is 3.22. The van der Waals surface area contributed by atoms with E-state index in [1.54, 1.807) is 18.2 Å². The van der Waals surface area contributed by atoms with Gasteiger partial charge in [-0.15, -0.1) is 0 Å². The first kappa shape index (κ1) is 12.9. The van der Waals surface area contributed by atoms with Crippen molar-refractivity contribution >= 4 is 17.3 Å². The molecule has 18 heavy (non-hydrogen) atoms. The quantitative estimate of drug-likeness (QED) is 0.854. The van der Waals surface area contributed by atoms with Crippen LogP contribution in [0.4, 0.5) is 10.1 Å². The molecule has 2 nitrogen and oxygen atoms in total. The van der Waals surface area contributed by atoms with Gasteiger partial charge >= 0.3 is 0 Å². The monoisotopic (exact) mass is 265 g/mol. The first-order valence-corrected chi connectivity index (χ1v) is 5.89. The zero-order valence-electron chi connectivity index (χ0n) is 9.70. The molecular weight excluding hydrogens is 253 g/mol. The van der Waals surface area contributed by atoms with Gasteiger partial charge in [-0.2, -0.15) is 0 Å². The summed E-state index contributed by atoms with van der Waals surface area (Å²) in [5.74, 6) is -0.353. The van der Waals surface area contributed by atoms with E-state index in [-0.39, 0.29) is 12.4 Å². The average molecular weight is 266 g/mol. The number of ether oxygens (including phenoxy) is 1. The van der Waals surface area contributed by atoms with Crippen LogP contribution in [0.15, 0.2) is 42.5 Å². The molecule has 0 aliphatic carbocycles. The number of hydrogen-bond acceptors (Lipinski definition) is 2. The number of rotatable bonds is 4. The Kier molecular flexibility index (Phi) is 4.18. The summed E-state index contributed by atoms with van der Waals surface area (Å²) in [6.45, 7) is 0.542. The van der Waals surface area contributed by atoms with Crippen molar-refractivity contribution in [2.45, 2.75) is 13.2 Å². The number of anilines is 1. The lowest BCUT2D eigenvalue weighted by molar-refractivity contribution is 0.105. The van der Waals surface area contributed by atoms with Crippen molar-refractivity contribution in [1.82, 2.24) is 0 Å². The zero-order valence-corrected chi connectivity index (χ0v) is 10.5. The number of nitrogen functional groups attached to an aromatic ring is 1. The van der Waals surface area contributed by atoms with E-state index in [2.05, 4.69) is 0 Å². The Labute approximate surface area is 110 Å². The van der Waals surface area contributed by atoms with Gasteiger partial charge in [0, 0.05) is 16.3 Å². The molecule has 0 aliphatic rings. The van der Waals surface area contributed by atoms with Gasteiger partial charge in [0.2, 0.25) is 0 Å². The minimum absolute atomic E-state index is 0.192. The average Bonchev–Trinajstić information content (AvgIpc) is 2.34. The van der Waals surface area contributed by atoms with Gasteiger partial charge in [-0.3, -0.25) is 0 Å². The molecule has 0 spiro atoms. The number of nitrogens with two attached hydrogens (primary N) is 1. The van der Waals surface area contributed by atoms with Crippen molar-refractivity contribution in [1.29, 1.82) is 0 Å². The molecule has 0 amide bonds. The normalized spacial score (nSPS) is 10.6. The molecule has 0 saturated heterocycles. The maximum Gasteiger partial charge on any atom is 0.130 e. The third-order valence-corrected chi connectivity index (χ3v) is 2.92. The SMILES string of the molecule is Nc1ccc(COCc2ccccc2Cl)c(F)c1. The van der Waals surface area contributed by atoms with Gasteiger partial charge < -0.3 is 10.5 Å². The van der Waals surface area contributed by atoms with Gasteiger partial charge in [0.15, 0.2) is 0 Å². The molecule has 0 unspecified atom stereocenters. The van der Waals surface area contributed by atoms with Crippen LogP contribution >= 0.6 is 11.6 Å². The highest BCUT2D eigenvalue weighted by Crippen LogP contribution is 2.17. The van der Waals surface area contributed by atoms with E-state index in [1.165, 1.54) is 6.07 Å². The van der Waals surface area contributed by atoms with Crippen molar-refractivity contribution in [3.8, 4) is 0 Å². The highest BCUT2D eigenvalue weighted by atomic mass is 35.5. The predicted octanol–water partition coefficient (Wildman–Crippen LogP) is 3.78. The van der Waals surface area contributed by atoms with E-state index in [9.17, 15) is 4.39 Å². The van der Waals surface area contributed by atoms with Crippen molar-refractivity contribution in [2.75, 3.05) is 5.73 Å². The second-order valence-corrected chi connectivity index (χ2v) is 4.34. The second-order valence-electron chi connectivity index (χ2n) is 3.94. The van der Waals surface area contributed by atoms with E-state index in [1.807, 2.05) is 18.2 Å². The van der Waals surface area contributed by atoms with Crippen molar-refractivity contribution in [2.24, 2.45) is 0 Å². The summed E-state index contributed by atoms with van der Waals surface area (Å²) in [4.78, 5) is 0. The minimum atomic E-state index is -0.353. The molecule has 4 heteroatoms. The topological polar surface area (TPSA) is 35.2 Å². The molecule has 2 N–H and O–H groups in total. The molecular formula is C14H13ClFNO. The molecule has 0 saturated carbocycles. The zero-order chi connectivity index (χ0) is 13.0. The van der Waals surface area contributed by atoms with Crippen LogP contribution in [0.1, 0.15) is 11.1 Å². The van der Waals surface area contributed by atoms with Crippen molar-refractivity contribution < 1.29 is 9.13 Å². The van der Waals surface area contributed by atoms with Gasteiger partial charge in [-0.1, -0.05) is 35.9 Å². The van der Waals surface area contributed by atoms with E-state index in [0.29, 0.717) is 22.9 Å². The first-order valence-electron chi connectivity index (χ1n) is 5.52. The molecule has 2 rings (SSSR count). The molecule has 94 valence electrons. The van der Waals surface area contributed by atoms with Crippen LogP contribution in [0.3, 0.4) is 0 Å².